The van der Waals surface area contributed by atoms with E-state index in [1.165, 1.54) is 13.0 Å². The van der Waals surface area contributed by atoms with Gasteiger partial charge in [0, 0.05) is 12.5 Å². The molecular formula is C15H32N2O. The molecule has 108 valence electrons. The van der Waals surface area contributed by atoms with Crippen LogP contribution < -0.4 is 5.32 Å². The molecule has 1 saturated heterocycles. The minimum Gasteiger partial charge on any atom is -0.308 e. The Morgan fingerprint density at radius 1 is 1.39 bits per heavy atom. The zero-order valence-corrected chi connectivity index (χ0v) is 13.1. The van der Waals surface area contributed by atoms with Crippen molar-refractivity contribution in [2.75, 3.05) is 26.7 Å². The van der Waals surface area contributed by atoms with Crippen LogP contribution in [-0.4, -0.2) is 43.4 Å². The van der Waals surface area contributed by atoms with Crippen molar-refractivity contribution in [1.82, 2.24) is 10.2 Å². The van der Waals surface area contributed by atoms with Gasteiger partial charge in [-0.1, -0.05) is 34.6 Å². The number of Topliss-reactive ketones (excluding diaryl/α,β-unsaturated/α-hetero) is 1. The van der Waals surface area contributed by atoms with Gasteiger partial charge in [-0.3, -0.25) is 4.79 Å². The molecule has 1 heterocycles. The Morgan fingerprint density at radius 3 is 2.39 bits per heavy atom. The molecule has 1 rings (SSSR count). The summed E-state index contributed by atoms with van der Waals surface area (Å²) < 4.78 is 0. The lowest BCUT2D eigenvalue weighted by Gasteiger charge is -2.22. The number of carbonyl (C=O) groups excluding carboxylic acids is 1. The van der Waals surface area contributed by atoms with Crippen LogP contribution in [0.2, 0.25) is 0 Å². The molecule has 0 bridgehead atoms. The molecule has 2 unspecified atom stereocenters. The van der Waals surface area contributed by atoms with E-state index < -0.39 is 0 Å². The zero-order valence-electron chi connectivity index (χ0n) is 13.1. The third kappa shape index (κ3) is 5.96. The molecular weight excluding hydrogens is 224 g/mol. The number of hydrogen-bond donors (Lipinski definition) is 1. The van der Waals surface area contributed by atoms with Crippen molar-refractivity contribution in [3.8, 4) is 0 Å². The van der Waals surface area contributed by atoms with Crippen LogP contribution in [0.3, 0.4) is 0 Å². The summed E-state index contributed by atoms with van der Waals surface area (Å²) in [4.78, 5) is 14.4. The fraction of sp³-hybridized carbons (Fsp3) is 0.933. The smallest absolute Gasteiger partial charge is 0.152 e. The molecule has 0 saturated carbocycles. The summed E-state index contributed by atoms with van der Waals surface area (Å²) in [5.74, 6) is 1.20. The lowest BCUT2D eigenvalue weighted by atomic mass is 9.92. The summed E-state index contributed by atoms with van der Waals surface area (Å²) in [6.45, 7) is 13.3. The molecule has 1 aliphatic rings. The highest BCUT2D eigenvalue weighted by Crippen LogP contribution is 2.21. The Hall–Kier alpha value is -0.410. The lowest BCUT2D eigenvalue weighted by molar-refractivity contribution is -0.124. The summed E-state index contributed by atoms with van der Waals surface area (Å²) in [6.07, 6.45) is 2.25. The number of carbonyl (C=O) groups is 1. The van der Waals surface area contributed by atoms with Crippen LogP contribution in [0, 0.1) is 11.8 Å². The third-order valence-corrected chi connectivity index (χ3v) is 3.42. The molecule has 1 aliphatic heterocycles. The molecule has 0 aliphatic carbocycles. The van der Waals surface area contributed by atoms with Crippen LogP contribution in [-0.2, 0) is 4.79 Å². The van der Waals surface area contributed by atoms with E-state index in [-0.39, 0.29) is 12.0 Å². The van der Waals surface area contributed by atoms with Gasteiger partial charge in [-0.15, -0.1) is 0 Å². The van der Waals surface area contributed by atoms with E-state index in [1.54, 1.807) is 0 Å². The van der Waals surface area contributed by atoms with Gasteiger partial charge < -0.3 is 10.2 Å². The van der Waals surface area contributed by atoms with Crippen molar-refractivity contribution >= 4 is 5.78 Å². The maximum Gasteiger partial charge on any atom is 0.152 e. The summed E-state index contributed by atoms with van der Waals surface area (Å²) in [7, 11) is 2.16. The Labute approximate surface area is 113 Å². The van der Waals surface area contributed by atoms with Gasteiger partial charge in [0.05, 0.1) is 6.04 Å². The van der Waals surface area contributed by atoms with Gasteiger partial charge in [0.15, 0.2) is 5.78 Å². The van der Waals surface area contributed by atoms with E-state index in [1.807, 2.05) is 27.7 Å². The molecule has 2 atom stereocenters. The molecule has 1 fully saturated rings. The van der Waals surface area contributed by atoms with Gasteiger partial charge in [-0.05, 0) is 38.9 Å². The van der Waals surface area contributed by atoms with Gasteiger partial charge in [-0.25, -0.2) is 0 Å². The van der Waals surface area contributed by atoms with Crippen molar-refractivity contribution in [1.29, 1.82) is 0 Å². The second kappa shape index (κ2) is 9.51. The normalized spacial score (nSPS) is 21.6. The van der Waals surface area contributed by atoms with E-state index >= 15 is 0 Å². The highest BCUT2D eigenvalue weighted by molar-refractivity contribution is 5.85. The Bertz CT molecular complexity index is 229. The largest absolute Gasteiger partial charge is 0.308 e. The first-order valence-electron chi connectivity index (χ1n) is 7.50. The van der Waals surface area contributed by atoms with Crippen molar-refractivity contribution < 1.29 is 4.79 Å². The predicted octanol–water partition coefficient (Wildman–Crippen LogP) is 2.56. The lowest BCUT2D eigenvalue weighted by Crippen LogP contribution is -2.40. The molecule has 0 amide bonds. The minimum atomic E-state index is 0.0708. The van der Waals surface area contributed by atoms with Crippen LogP contribution in [0.25, 0.3) is 0 Å². The van der Waals surface area contributed by atoms with Gasteiger partial charge in [0.2, 0.25) is 0 Å². The average molecular weight is 256 g/mol. The molecule has 0 spiro atoms. The van der Waals surface area contributed by atoms with E-state index in [4.69, 9.17) is 0 Å². The van der Waals surface area contributed by atoms with Crippen LogP contribution in [0.5, 0.6) is 0 Å². The first-order valence-corrected chi connectivity index (χ1v) is 7.50. The Morgan fingerprint density at radius 2 is 2.00 bits per heavy atom. The molecule has 3 heteroatoms. The zero-order chi connectivity index (χ0) is 14.1. The maximum absolute atomic E-state index is 12.0. The fourth-order valence-electron chi connectivity index (χ4n) is 2.50. The Kier molecular flexibility index (Phi) is 9.29. The van der Waals surface area contributed by atoms with Gasteiger partial charge >= 0.3 is 0 Å². The van der Waals surface area contributed by atoms with Gasteiger partial charge in [0.1, 0.15) is 0 Å². The number of nitrogens with zero attached hydrogens (tertiary/aromatic N) is 1. The number of rotatable bonds is 6. The number of ketones is 1. The topological polar surface area (TPSA) is 32.3 Å². The SMILES string of the molecule is CC.CCNC(CC1CCN(C)C1)C(=O)C(C)C. The van der Waals surface area contributed by atoms with Gasteiger partial charge in [0.25, 0.3) is 0 Å². The predicted molar refractivity (Wildman–Crippen MR) is 78.9 cm³/mol. The molecule has 0 aromatic carbocycles. The summed E-state index contributed by atoms with van der Waals surface area (Å²) in [5.41, 5.74) is 0. The van der Waals surface area contributed by atoms with Crippen LogP contribution >= 0.6 is 0 Å². The highest BCUT2D eigenvalue weighted by atomic mass is 16.1. The first kappa shape index (κ1) is 17.6. The molecule has 0 aromatic heterocycles. The van der Waals surface area contributed by atoms with E-state index in [9.17, 15) is 4.79 Å². The first-order chi connectivity index (χ1) is 8.54. The van der Waals surface area contributed by atoms with Crippen molar-refractivity contribution in [3.63, 3.8) is 0 Å². The molecule has 0 aromatic rings. The summed E-state index contributed by atoms with van der Waals surface area (Å²) >= 11 is 0. The van der Waals surface area contributed by atoms with Crippen molar-refractivity contribution in [2.24, 2.45) is 11.8 Å². The van der Waals surface area contributed by atoms with E-state index in [0.29, 0.717) is 11.7 Å². The van der Waals surface area contributed by atoms with Crippen LogP contribution in [0.15, 0.2) is 0 Å². The monoisotopic (exact) mass is 256 g/mol. The van der Waals surface area contributed by atoms with E-state index in [0.717, 1.165) is 19.5 Å². The fourth-order valence-corrected chi connectivity index (χ4v) is 2.50. The summed E-state index contributed by atoms with van der Waals surface area (Å²) in [5, 5.41) is 3.34. The molecule has 3 nitrogen and oxygen atoms in total. The van der Waals surface area contributed by atoms with Gasteiger partial charge in [-0.2, -0.15) is 0 Å². The van der Waals surface area contributed by atoms with Crippen molar-refractivity contribution in [2.45, 2.75) is 53.5 Å². The second-order valence-corrected chi connectivity index (χ2v) is 5.32. The number of nitrogens with one attached hydrogen (secondary N) is 1. The van der Waals surface area contributed by atoms with Crippen LogP contribution in [0.1, 0.15) is 47.5 Å². The Balaban J connectivity index is 0.00000137. The molecule has 18 heavy (non-hydrogen) atoms. The van der Waals surface area contributed by atoms with E-state index in [2.05, 4.69) is 24.2 Å². The molecule has 1 N–H and O–H groups in total. The second-order valence-electron chi connectivity index (χ2n) is 5.32. The third-order valence-electron chi connectivity index (χ3n) is 3.42. The van der Waals surface area contributed by atoms with Crippen LogP contribution in [0.4, 0.5) is 0 Å². The molecule has 0 radical (unpaired) electrons. The standard InChI is InChI=1S/C13H26N2O.C2H6/c1-5-14-12(13(16)10(2)3)8-11-6-7-15(4)9-11;1-2/h10-12,14H,5-9H2,1-4H3;1-2H3. The van der Waals surface area contributed by atoms with Crippen molar-refractivity contribution in [3.05, 3.63) is 0 Å². The minimum absolute atomic E-state index is 0.0708. The average Bonchev–Trinajstić information content (AvgIpc) is 2.76. The number of likely N-dealkylation sites (tertiary alicyclic amines) is 1. The number of hydrogen-bond acceptors (Lipinski definition) is 3. The maximum atomic E-state index is 12.0. The number of likely N-dealkylation sites (N-methyl/N-ethyl adjacent to an activating group) is 1. The highest BCUT2D eigenvalue weighted by Gasteiger charge is 2.27. The summed E-state index contributed by atoms with van der Waals surface area (Å²) in [6, 6.07) is 0.0708. The quantitative estimate of drug-likeness (QED) is 0.793.